The molecule has 1 saturated heterocycles. The zero-order valence-corrected chi connectivity index (χ0v) is 8.67. The van der Waals surface area contributed by atoms with Crippen molar-refractivity contribution in [1.29, 1.82) is 0 Å². The number of hydrogen-bond donors (Lipinski definition) is 2. The summed E-state index contributed by atoms with van der Waals surface area (Å²) in [6.07, 6.45) is 4.23. The largest absolute Gasteiger partial charge is 0.389 e. The molecule has 4 nitrogen and oxygen atoms in total. The van der Waals surface area contributed by atoms with E-state index in [2.05, 4.69) is 10.4 Å². The molecule has 0 spiro atoms. The van der Waals surface area contributed by atoms with Crippen molar-refractivity contribution in [2.45, 2.75) is 31.3 Å². The zero-order chi connectivity index (χ0) is 9.86. The minimum atomic E-state index is -0.446. The van der Waals surface area contributed by atoms with Crippen LogP contribution in [0.15, 0.2) is 0 Å². The van der Waals surface area contributed by atoms with Crippen molar-refractivity contribution in [3.63, 3.8) is 0 Å². The zero-order valence-electron chi connectivity index (χ0n) is 8.67. The fraction of sp³-hybridized carbons (Fsp3) is 1.00. The van der Waals surface area contributed by atoms with Gasteiger partial charge in [-0.3, -0.25) is 5.43 Å². The fourth-order valence-corrected chi connectivity index (χ4v) is 2.19. The Hall–Kier alpha value is -0.160. The molecule has 1 aliphatic carbocycles. The van der Waals surface area contributed by atoms with Gasteiger partial charge in [-0.15, -0.1) is 0 Å². The summed E-state index contributed by atoms with van der Waals surface area (Å²) in [5, 5.41) is 12.3. The molecule has 82 valence electrons. The summed E-state index contributed by atoms with van der Waals surface area (Å²) < 4.78 is 5.25. The van der Waals surface area contributed by atoms with E-state index in [4.69, 9.17) is 4.74 Å². The van der Waals surface area contributed by atoms with Gasteiger partial charge in [-0.2, -0.15) is 0 Å². The summed E-state index contributed by atoms with van der Waals surface area (Å²) >= 11 is 0. The summed E-state index contributed by atoms with van der Waals surface area (Å²) in [5.41, 5.74) is 2.86. The van der Waals surface area contributed by atoms with E-state index in [0.29, 0.717) is 6.54 Å². The Morgan fingerprint density at radius 3 is 2.50 bits per heavy atom. The number of aliphatic hydroxyl groups is 1. The van der Waals surface area contributed by atoms with Crippen LogP contribution in [0.5, 0.6) is 0 Å². The van der Waals surface area contributed by atoms with Gasteiger partial charge in [0, 0.05) is 19.6 Å². The van der Waals surface area contributed by atoms with E-state index in [1.807, 2.05) is 0 Å². The first-order valence-corrected chi connectivity index (χ1v) is 5.57. The Morgan fingerprint density at radius 2 is 1.86 bits per heavy atom. The van der Waals surface area contributed by atoms with Crippen LogP contribution in [0, 0.1) is 0 Å². The Labute approximate surface area is 85.2 Å². The molecule has 14 heavy (non-hydrogen) atoms. The minimum Gasteiger partial charge on any atom is -0.389 e. The van der Waals surface area contributed by atoms with Crippen LogP contribution in [0.2, 0.25) is 0 Å². The van der Waals surface area contributed by atoms with Gasteiger partial charge in [0.15, 0.2) is 0 Å². The molecule has 1 saturated carbocycles. The normalized spacial score (nSPS) is 28.1. The topological polar surface area (TPSA) is 44.7 Å². The average Bonchev–Trinajstić information content (AvgIpc) is 2.65. The highest BCUT2D eigenvalue weighted by Crippen LogP contribution is 2.28. The maximum Gasteiger partial charge on any atom is 0.0785 e. The van der Waals surface area contributed by atoms with Crippen molar-refractivity contribution < 1.29 is 9.84 Å². The molecule has 1 heterocycles. The highest BCUT2D eigenvalue weighted by atomic mass is 16.5. The van der Waals surface area contributed by atoms with Gasteiger partial charge in [0.05, 0.1) is 18.8 Å². The van der Waals surface area contributed by atoms with Gasteiger partial charge in [0.25, 0.3) is 0 Å². The van der Waals surface area contributed by atoms with Crippen LogP contribution in [0.3, 0.4) is 0 Å². The molecule has 2 rings (SSSR count). The molecule has 0 unspecified atom stereocenters. The minimum absolute atomic E-state index is 0.446. The average molecular weight is 200 g/mol. The number of rotatable bonds is 3. The van der Waals surface area contributed by atoms with Crippen molar-refractivity contribution in [1.82, 2.24) is 10.4 Å². The third kappa shape index (κ3) is 2.67. The molecule has 0 amide bonds. The van der Waals surface area contributed by atoms with Gasteiger partial charge >= 0.3 is 0 Å². The van der Waals surface area contributed by atoms with Crippen molar-refractivity contribution >= 4 is 0 Å². The van der Waals surface area contributed by atoms with Gasteiger partial charge in [-0.25, -0.2) is 5.01 Å². The number of hydrogen-bond acceptors (Lipinski definition) is 4. The van der Waals surface area contributed by atoms with Crippen LogP contribution < -0.4 is 5.43 Å². The van der Waals surface area contributed by atoms with E-state index in [0.717, 1.165) is 39.1 Å². The Kier molecular flexibility index (Phi) is 3.38. The van der Waals surface area contributed by atoms with Crippen LogP contribution in [0.25, 0.3) is 0 Å². The maximum atomic E-state index is 10.1. The second-order valence-corrected chi connectivity index (χ2v) is 4.37. The third-order valence-electron chi connectivity index (χ3n) is 3.18. The molecule has 2 fully saturated rings. The van der Waals surface area contributed by atoms with E-state index in [-0.39, 0.29) is 0 Å². The first kappa shape index (κ1) is 10.4. The number of hydrazine groups is 1. The maximum absolute atomic E-state index is 10.1. The molecule has 1 aliphatic heterocycles. The number of nitrogens with one attached hydrogen (secondary N) is 1. The quantitative estimate of drug-likeness (QED) is 0.679. The highest BCUT2D eigenvalue weighted by Gasteiger charge is 2.31. The number of morpholine rings is 1. The monoisotopic (exact) mass is 200 g/mol. The first-order chi connectivity index (χ1) is 6.79. The summed E-state index contributed by atoms with van der Waals surface area (Å²) in [6.45, 7) is 4.15. The third-order valence-corrected chi connectivity index (χ3v) is 3.18. The molecule has 0 aromatic heterocycles. The molecule has 4 heteroatoms. The predicted molar refractivity (Wildman–Crippen MR) is 53.8 cm³/mol. The second-order valence-electron chi connectivity index (χ2n) is 4.37. The highest BCUT2D eigenvalue weighted by molar-refractivity contribution is 4.85. The first-order valence-electron chi connectivity index (χ1n) is 5.57. The summed E-state index contributed by atoms with van der Waals surface area (Å²) in [7, 11) is 0. The lowest BCUT2D eigenvalue weighted by atomic mass is 10.0. The number of ether oxygens (including phenoxy) is 1. The predicted octanol–water partition coefficient (Wildman–Crippen LogP) is 0.128. The van der Waals surface area contributed by atoms with Gasteiger partial charge in [-0.05, 0) is 12.8 Å². The van der Waals surface area contributed by atoms with Gasteiger partial charge < -0.3 is 9.84 Å². The van der Waals surface area contributed by atoms with Crippen molar-refractivity contribution in [2.24, 2.45) is 0 Å². The molecule has 0 bridgehead atoms. The molecular weight excluding hydrogens is 180 g/mol. The van der Waals surface area contributed by atoms with E-state index >= 15 is 0 Å². The second kappa shape index (κ2) is 4.57. The molecule has 0 atom stereocenters. The summed E-state index contributed by atoms with van der Waals surface area (Å²) in [5.74, 6) is 0. The lowest BCUT2D eigenvalue weighted by Crippen LogP contribution is -2.51. The van der Waals surface area contributed by atoms with Crippen molar-refractivity contribution in [3.05, 3.63) is 0 Å². The van der Waals surface area contributed by atoms with Crippen LogP contribution in [-0.4, -0.2) is 48.6 Å². The summed E-state index contributed by atoms with van der Waals surface area (Å²) in [4.78, 5) is 0. The molecule has 2 aliphatic rings. The summed E-state index contributed by atoms with van der Waals surface area (Å²) in [6, 6.07) is 0. The van der Waals surface area contributed by atoms with Gasteiger partial charge in [0.1, 0.15) is 0 Å². The van der Waals surface area contributed by atoms with E-state index in [9.17, 15) is 5.11 Å². The lowest BCUT2D eigenvalue weighted by Gasteiger charge is -2.31. The van der Waals surface area contributed by atoms with Crippen LogP contribution in [-0.2, 0) is 4.74 Å². The molecule has 0 aromatic carbocycles. The smallest absolute Gasteiger partial charge is 0.0785 e. The van der Waals surface area contributed by atoms with Crippen LogP contribution in [0.4, 0.5) is 0 Å². The standard InChI is InChI=1S/C10H20N2O2/c13-10(3-1-2-4-10)9-11-12-5-7-14-8-6-12/h11,13H,1-9H2. The molecule has 2 N–H and O–H groups in total. The van der Waals surface area contributed by atoms with E-state index in [1.54, 1.807) is 0 Å². The van der Waals surface area contributed by atoms with Crippen molar-refractivity contribution in [3.8, 4) is 0 Å². The number of nitrogens with zero attached hydrogens (tertiary/aromatic N) is 1. The molecular formula is C10H20N2O2. The Bertz CT molecular complexity index is 175. The lowest BCUT2D eigenvalue weighted by molar-refractivity contribution is -0.0191. The van der Waals surface area contributed by atoms with E-state index < -0.39 is 5.60 Å². The fourth-order valence-electron chi connectivity index (χ4n) is 2.19. The van der Waals surface area contributed by atoms with Gasteiger partial charge in [0.2, 0.25) is 0 Å². The Morgan fingerprint density at radius 1 is 1.21 bits per heavy atom. The van der Waals surface area contributed by atoms with E-state index in [1.165, 1.54) is 12.8 Å². The van der Waals surface area contributed by atoms with Crippen LogP contribution >= 0.6 is 0 Å². The van der Waals surface area contributed by atoms with Gasteiger partial charge in [-0.1, -0.05) is 12.8 Å². The Balaban J connectivity index is 1.70. The van der Waals surface area contributed by atoms with Crippen molar-refractivity contribution in [2.75, 3.05) is 32.8 Å². The SMILES string of the molecule is OC1(CNN2CCOCC2)CCCC1. The molecule has 0 radical (unpaired) electrons. The molecule has 0 aromatic rings. The van der Waals surface area contributed by atoms with Crippen LogP contribution in [0.1, 0.15) is 25.7 Å².